The average molecular weight is 736 g/mol. The second-order valence-corrected chi connectivity index (χ2v) is 14.7. The van der Waals surface area contributed by atoms with Crippen molar-refractivity contribution in [3.63, 3.8) is 0 Å². The Labute approximate surface area is 325 Å². The highest BCUT2D eigenvalue weighted by Gasteiger charge is 2.21. The number of aromatic nitrogens is 5. The van der Waals surface area contributed by atoms with Crippen molar-refractivity contribution >= 4 is 53.6 Å². The van der Waals surface area contributed by atoms with Crippen LogP contribution in [0.4, 0.5) is 0 Å². The SMILES string of the molecule is c1ccc(-c2ccc(-c3nc(-c4ccccc4)nc(-c4cccc5oc6ccc(-c7nc(-c8ccccc8)nc8c7sc7ccccc78)cc6c45)n3)cc2)cc1. The molecule has 0 amide bonds. The van der Waals surface area contributed by atoms with Crippen LogP contribution in [0.3, 0.4) is 0 Å². The van der Waals surface area contributed by atoms with E-state index in [-0.39, 0.29) is 0 Å². The third kappa shape index (κ3) is 5.52. The van der Waals surface area contributed by atoms with Gasteiger partial charge in [0.2, 0.25) is 0 Å². The number of benzene rings is 7. The summed E-state index contributed by atoms with van der Waals surface area (Å²) in [7, 11) is 0. The molecule has 0 N–H and O–H groups in total. The van der Waals surface area contributed by atoms with E-state index in [0.717, 1.165) is 82.2 Å². The molecular weight excluding hydrogens is 707 g/mol. The van der Waals surface area contributed by atoms with E-state index in [2.05, 4.69) is 103 Å². The normalized spacial score (nSPS) is 11.6. The molecule has 0 saturated heterocycles. The van der Waals surface area contributed by atoms with Gasteiger partial charge in [0.05, 0.1) is 15.9 Å². The molecule has 0 spiro atoms. The predicted octanol–water partition coefficient (Wildman–Crippen LogP) is 12.9. The van der Waals surface area contributed by atoms with Gasteiger partial charge in [-0.1, -0.05) is 146 Å². The summed E-state index contributed by atoms with van der Waals surface area (Å²) in [5.74, 6) is 2.46. The van der Waals surface area contributed by atoms with E-state index in [9.17, 15) is 0 Å². The maximum Gasteiger partial charge on any atom is 0.164 e. The van der Waals surface area contributed by atoms with Crippen LogP contribution in [-0.4, -0.2) is 24.9 Å². The molecule has 262 valence electrons. The third-order valence-electron chi connectivity index (χ3n) is 10.2. The van der Waals surface area contributed by atoms with E-state index in [1.807, 2.05) is 72.8 Å². The number of furan rings is 1. The van der Waals surface area contributed by atoms with Crippen LogP contribution in [-0.2, 0) is 0 Å². The van der Waals surface area contributed by atoms with Crippen LogP contribution in [0.2, 0.25) is 0 Å². The van der Waals surface area contributed by atoms with Crippen LogP contribution >= 0.6 is 11.3 Å². The smallest absolute Gasteiger partial charge is 0.164 e. The minimum atomic E-state index is 0.569. The summed E-state index contributed by atoms with van der Waals surface area (Å²) in [4.78, 5) is 25.6. The molecule has 0 aliphatic heterocycles. The molecule has 0 saturated carbocycles. The zero-order chi connectivity index (χ0) is 37.0. The quantitative estimate of drug-likeness (QED) is 0.169. The maximum absolute atomic E-state index is 6.52. The Morgan fingerprint density at radius 3 is 1.64 bits per heavy atom. The third-order valence-corrected chi connectivity index (χ3v) is 11.3. The molecule has 11 rings (SSSR count). The summed E-state index contributed by atoms with van der Waals surface area (Å²) >= 11 is 1.72. The topological polar surface area (TPSA) is 77.6 Å². The van der Waals surface area contributed by atoms with Crippen molar-refractivity contribution in [1.82, 2.24) is 24.9 Å². The molecule has 0 unspecified atom stereocenters. The van der Waals surface area contributed by atoms with E-state index in [1.54, 1.807) is 11.3 Å². The maximum atomic E-state index is 6.52. The van der Waals surface area contributed by atoms with Crippen molar-refractivity contribution in [1.29, 1.82) is 0 Å². The Kier molecular flexibility index (Phi) is 7.57. The lowest BCUT2D eigenvalue weighted by atomic mass is 10.0. The summed E-state index contributed by atoms with van der Waals surface area (Å²) in [5.41, 5.74) is 10.3. The van der Waals surface area contributed by atoms with Crippen molar-refractivity contribution in [2.24, 2.45) is 0 Å². The number of hydrogen-bond acceptors (Lipinski definition) is 7. The van der Waals surface area contributed by atoms with Gasteiger partial charge in [-0.15, -0.1) is 11.3 Å². The van der Waals surface area contributed by atoms with Crippen molar-refractivity contribution < 1.29 is 4.42 Å². The van der Waals surface area contributed by atoms with Crippen LogP contribution in [0, 0.1) is 0 Å². The van der Waals surface area contributed by atoms with Gasteiger partial charge in [0.1, 0.15) is 11.2 Å². The standard InChI is InChI=1S/C49H29N5OS/c1-4-13-30(14-5-1)31-23-25-34(26-24-31)48-52-47(33-17-8-3-9-18-33)53-49(54-48)37-20-12-21-40-42(37)38-29-35(27-28-39(38)55-40)43-45-44(36-19-10-11-22-41(36)56-45)51-46(50-43)32-15-6-2-7-16-32/h1-29H. The highest BCUT2D eigenvalue weighted by Crippen LogP contribution is 2.42. The molecule has 0 atom stereocenters. The van der Waals surface area contributed by atoms with Crippen molar-refractivity contribution in [3.8, 4) is 67.9 Å². The van der Waals surface area contributed by atoms with Gasteiger partial charge in [-0.25, -0.2) is 24.9 Å². The summed E-state index contributed by atoms with van der Waals surface area (Å²) in [6.07, 6.45) is 0. The van der Waals surface area contributed by atoms with Crippen LogP contribution in [0.5, 0.6) is 0 Å². The molecule has 11 aromatic rings. The second-order valence-electron chi connectivity index (χ2n) is 13.6. The number of nitrogens with zero attached hydrogens (tertiary/aromatic N) is 5. The van der Waals surface area contributed by atoms with Gasteiger partial charge in [-0.2, -0.15) is 0 Å². The lowest BCUT2D eigenvalue weighted by Crippen LogP contribution is -2.00. The average Bonchev–Trinajstić information content (AvgIpc) is 3.85. The summed E-state index contributed by atoms with van der Waals surface area (Å²) in [5, 5.41) is 3.02. The fraction of sp³-hybridized carbons (Fsp3) is 0. The first kappa shape index (κ1) is 32.1. The monoisotopic (exact) mass is 735 g/mol. The van der Waals surface area contributed by atoms with Gasteiger partial charge in [-0.3, -0.25) is 0 Å². The molecule has 0 aliphatic carbocycles. The van der Waals surface area contributed by atoms with Gasteiger partial charge >= 0.3 is 0 Å². The van der Waals surface area contributed by atoms with Gasteiger partial charge in [0, 0.05) is 48.7 Å². The molecule has 0 aliphatic rings. The van der Waals surface area contributed by atoms with Crippen LogP contribution in [0.15, 0.2) is 180 Å². The van der Waals surface area contributed by atoms with Crippen molar-refractivity contribution in [3.05, 3.63) is 176 Å². The Bertz CT molecular complexity index is 3230. The summed E-state index contributed by atoms with van der Waals surface area (Å²) in [6.45, 7) is 0. The molecular formula is C49H29N5OS. The molecule has 4 heterocycles. The van der Waals surface area contributed by atoms with E-state index in [4.69, 9.17) is 29.3 Å². The first-order valence-electron chi connectivity index (χ1n) is 18.4. The van der Waals surface area contributed by atoms with E-state index in [0.29, 0.717) is 23.3 Å². The molecule has 7 aromatic carbocycles. The molecule has 56 heavy (non-hydrogen) atoms. The number of rotatable bonds is 6. The van der Waals surface area contributed by atoms with Gasteiger partial charge in [-0.05, 0) is 41.5 Å². The van der Waals surface area contributed by atoms with Gasteiger partial charge in [0.15, 0.2) is 23.3 Å². The Hall–Kier alpha value is -7.35. The highest BCUT2D eigenvalue weighted by atomic mass is 32.1. The van der Waals surface area contributed by atoms with Crippen LogP contribution < -0.4 is 0 Å². The lowest BCUT2D eigenvalue weighted by molar-refractivity contribution is 0.669. The van der Waals surface area contributed by atoms with Crippen LogP contribution in [0.1, 0.15) is 0 Å². The van der Waals surface area contributed by atoms with E-state index < -0.39 is 0 Å². The minimum Gasteiger partial charge on any atom is -0.456 e. The fourth-order valence-corrected chi connectivity index (χ4v) is 8.60. The van der Waals surface area contributed by atoms with Crippen molar-refractivity contribution in [2.45, 2.75) is 0 Å². The molecule has 6 nitrogen and oxygen atoms in total. The molecule has 0 radical (unpaired) electrons. The highest BCUT2D eigenvalue weighted by molar-refractivity contribution is 7.26. The molecule has 7 heteroatoms. The first-order chi connectivity index (χ1) is 27.7. The van der Waals surface area contributed by atoms with E-state index >= 15 is 0 Å². The van der Waals surface area contributed by atoms with Crippen LogP contribution in [0.25, 0.3) is 110 Å². The predicted molar refractivity (Wildman–Crippen MR) is 228 cm³/mol. The van der Waals surface area contributed by atoms with Gasteiger partial charge < -0.3 is 4.42 Å². The number of thiophene rings is 1. The summed E-state index contributed by atoms with van der Waals surface area (Å²) in [6, 6.07) is 59.8. The Morgan fingerprint density at radius 1 is 0.375 bits per heavy atom. The summed E-state index contributed by atoms with van der Waals surface area (Å²) < 4.78 is 8.74. The number of hydrogen-bond donors (Lipinski definition) is 0. The molecule has 0 bridgehead atoms. The fourth-order valence-electron chi connectivity index (χ4n) is 7.45. The van der Waals surface area contributed by atoms with E-state index in [1.165, 1.54) is 4.70 Å². The first-order valence-corrected chi connectivity index (χ1v) is 19.2. The zero-order valence-corrected chi connectivity index (χ0v) is 30.6. The Morgan fingerprint density at radius 2 is 0.929 bits per heavy atom. The minimum absolute atomic E-state index is 0.569. The Balaban J connectivity index is 1.11. The second kappa shape index (κ2) is 13.2. The van der Waals surface area contributed by atoms with Gasteiger partial charge in [0.25, 0.3) is 0 Å². The lowest BCUT2D eigenvalue weighted by Gasteiger charge is -2.10. The largest absolute Gasteiger partial charge is 0.456 e. The number of fused-ring (bicyclic) bond motifs is 6. The van der Waals surface area contributed by atoms with Crippen molar-refractivity contribution in [2.75, 3.05) is 0 Å². The molecule has 0 fully saturated rings. The zero-order valence-electron chi connectivity index (χ0n) is 29.8. The molecule has 4 aromatic heterocycles.